The molecule has 18 heavy (non-hydrogen) atoms. The number of morpholine rings is 1. The Bertz CT molecular complexity index is 288. The maximum atomic E-state index is 6.24. The predicted octanol–water partition coefficient (Wildman–Crippen LogP) is 1.96. The summed E-state index contributed by atoms with van der Waals surface area (Å²) in [5.41, 5.74) is 6.68. The van der Waals surface area contributed by atoms with Crippen LogP contribution in [-0.2, 0) is 4.74 Å². The van der Waals surface area contributed by atoms with E-state index in [0.29, 0.717) is 17.6 Å². The highest BCUT2D eigenvalue weighted by Gasteiger charge is 2.51. The molecular formula is C14H28N2OS. The Morgan fingerprint density at radius 2 is 1.89 bits per heavy atom. The van der Waals surface area contributed by atoms with Gasteiger partial charge in [-0.1, -0.05) is 13.8 Å². The first-order chi connectivity index (χ1) is 8.41. The molecule has 0 spiro atoms. The van der Waals surface area contributed by atoms with Crippen molar-refractivity contribution in [2.45, 2.75) is 51.9 Å². The monoisotopic (exact) mass is 272 g/mol. The average molecular weight is 272 g/mol. The minimum Gasteiger partial charge on any atom is -0.373 e. The fraction of sp³-hybridized carbons (Fsp3) is 1.00. The van der Waals surface area contributed by atoms with E-state index in [2.05, 4.69) is 44.4 Å². The summed E-state index contributed by atoms with van der Waals surface area (Å²) >= 11 is 2.06. The van der Waals surface area contributed by atoms with Crippen LogP contribution in [0.15, 0.2) is 0 Å². The lowest BCUT2D eigenvalue weighted by atomic mass is 9.69. The molecule has 2 aliphatic heterocycles. The maximum Gasteiger partial charge on any atom is 0.0678 e. The Kier molecular flexibility index (Phi) is 4.32. The highest BCUT2D eigenvalue weighted by Crippen LogP contribution is 2.46. The Labute approximate surface area is 116 Å². The van der Waals surface area contributed by atoms with Gasteiger partial charge in [0, 0.05) is 30.9 Å². The van der Waals surface area contributed by atoms with E-state index in [1.165, 1.54) is 12.2 Å². The maximum absolute atomic E-state index is 6.24. The summed E-state index contributed by atoms with van der Waals surface area (Å²) in [5.74, 6) is 2.43. The van der Waals surface area contributed by atoms with Gasteiger partial charge >= 0.3 is 0 Å². The third kappa shape index (κ3) is 2.45. The number of nitrogens with zero attached hydrogens (tertiary/aromatic N) is 1. The SMILES string of the molecule is C[C@@H]1CN(C2(CN)CSCCC2(C)C)C[C@H](C)O1. The van der Waals surface area contributed by atoms with Crippen LogP contribution in [0.3, 0.4) is 0 Å². The van der Waals surface area contributed by atoms with Crippen molar-refractivity contribution >= 4 is 11.8 Å². The molecule has 0 aliphatic carbocycles. The van der Waals surface area contributed by atoms with Gasteiger partial charge in [0.05, 0.1) is 12.2 Å². The van der Waals surface area contributed by atoms with Crippen LogP contribution in [0.25, 0.3) is 0 Å². The Hall–Kier alpha value is 0.230. The van der Waals surface area contributed by atoms with Gasteiger partial charge in [-0.15, -0.1) is 0 Å². The Morgan fingerprint density at radius 1 is 1.28 bits per heavy atom. The molecule has 0 radical (unpaired) electrons. The molecular weight excluding hydrogens is 244 g/mol. The number of ether oxygens (including phenoxy) is 1. The zero-order valence-corrected chi connectivity index (χ0v) is 13.1. The highest BCUT2D eigenvalue weighted by atomic mass is 32.2. The molecule has 0 saturated carbocycles. The molecule has 2 N–H and O–H groups in total. The van der Waals surface area contributed by atoms with Crippen molar-refractivity contribution in [2.75, 3.05) is 31.1 Å². The van der Waals surface area contributed by atoms with Gasteiger partial charge in [-0.3, -0.25) is 4.90 Å². The molecule has 0 aromatic heterocycles. The zero-order valence-electron chi connectivity index (χ0n) is 12.2. The van der Waals surface area contributed by atoms with Crippen LogP contribution in [0, 0.1) is 5.41 Å². The number of hydrogen-bond acceptors (Lipinski definition) is 4. The first kappa shape index (κ1) is 14.6. The molecule has 4 heteroatoms. The van der Waals surface area contributed by atoms with Gasteiger partial charge in [-0.05, 0) is 31.4 Å². The van der Waals surface area contributed by atoms with Crippen molar-refractivity contribution in [1.29, 1.82) is 0 Å². The van der Waals surface area contributed by atoms with Crippen LogP contribution in [0.4, 0.5) is 0 Å². The Balaban J connectivity index is 2.25. The van der Waals surface area contributed by atoms with Crippen molar-refractivity contribution in [1.82, 2.24) is 4.90 Å². The highest BCUT2D eigenvalue weighted by molar-refractivity contribution is 7.99. The minimum atomic E-state index is 0.141. The van der Waals surface area contributed by atoms with E-state index in [0.717, 1.165) is 25.4 Å². The molecule has 0 bridgehead atoms. The largest absolute Gasteiger partial charge is 0.373 e. The van der Waals surface area contributed by atoms with E-state index >= 15 is 0 Å². The van der Waals surface area contributed by atoms with Gasteiger partial charge in [0.25, 0.3) is 0 Å². The normalized spacial score (nSPS) is 41.8. The van der Waals surface area contributed by atoms with Gasteiger partial charge in [0.2, 0.25) is 0 Å². The second kappa shape index (κ2) is 5.31. The van der Waals surface area contributed by atoms with Crippen molar-refractivity contribution < 1.29 is 4.74 Å². The van der Waals surface area contributed by atoms with Crippen molar-refractivity contribution in [3.05, 3.63) is 0 Å². The lowest BCUT2D eigenvalue weighted by Crippen LogP contribution is -2.69. The molecule has 2 saturated heterocycles. The molecule has 3 nitrogen and oxygen atoms in total. The third-order valence-corrected chi connectivity index (χ3v) is 6.01. The molecule has 106 valence electrons. The number of rotatable bonds is 2. The lowest BCUT2D eigenvalue weighted by molar-refractivity contribution is -0.122. The topological polar surface area (TPSA) is 38.5 Å². The molecule has 2 heterocycles. The van der Waals surface area contributed by atoms with Gasteiger partial charge < -0.3 is 10.5 Å². The van der Waals surface area contributed by atoms with E-state index in [9.17, 15) is 0 Å². The van der Waals surface area contributed by atoms with E-state index in [4.69, 9.17) is 10.5 Å². The molecule has 2 aliphatic rings. The summed E-state index contributed by atoms with van der Waals surface area (Å²) < 4.78 is 5.88. The summed E-state index contributed by atoms with van der Waals surface area (Å²) in [5, 5.41) is 0. The van der Waals surface area contributed by atoms with Crippen LogP contribution in [0.5, 0.6) is 0 Å². The number of nitrogens with two attached hydrogens (primary N) is 1. The van der Waals surface area contributed by atoms with Crippen LogP contribution >= 0.6 is 11.8 Å². The van der Waals surface area contributed by atoms with E-state index in [-0.39, 0.29) is 5.54 Å². The molecule has 2 fully saturated rings. The van der Waals surface area contributed by atoms with Gasteiger partial charge in [0.1, 0.15) is 0 Å². The quantitative estimate of drug-likeness (QED) is 0.834. The summed E-state index contributed by atoms with van der Waals surface area (Å²) in [6.07, 6.45) is 1.90. The minimum absolute atomic E-state index is 0.141. The third-order valence-electron chi connectivity index (χ3n) is 4.83. The molecule has 1 unspecified atom stereocenters. The zero-order chi connectivity index (χ0) is 13.4. The average Bonchev–Trinajstić information content (AvgIpc) is 2.27. The molecule has 2 rings (SSSR count). The molecule has 0 aromatic rings. The van der Waals surface area contributed by atoms with Crippen LogP contribution in [-0.4, -0.2) is 53.8 Å². The second-order valence-electron chi connectivity index (χ2n) is 6.58. The van der Waals surface area contributed by atoms with Gasteiger partial charge in [0.15, 0.2) is 0 Å². The summed E-state index contributed by atoms with van der Waals surface area (Å²) in [4.78, 5) is 2.62. The van der Waals surface area contributed by atoms with E-state index in [1.807, 2.05) is 0 Å². The van der Waals surface area contributed by atoms with Crippen LogP contribution in [0.2, 0.25) is 0 Å². The lowest BCUT2D eigenvalue weighted by Gasteiger charge is -2.58. The van der Waals surface area contributed by atoms with Crippen molar-refractivity contribution in [2.24, 2.45) is 11.1 Å². The van der Waals surface area contributed by atoms with Crippen molar-refractivity contribution in [3.8, 4) is 0 Å². The van der Waals surface area contributed by atoms with Crippen LogP contribution in [0.1, 0.15) is 34.1 Å². The second-order valence-corrected chi connectivity index (χ2v) is 7.69. The van der Waals surface area contributed by atoms with Crippen molar-refractivity contribution in [3.63, 3.8) is 0 Å². The van der Waals surface area contributed by atoms with E-state index in [1.54, 1.807) is 0 Å². The summed E-state index contributed by atoms with van der Waals surface area (Å²) in [7, 11) is 0. The first-order valence-electron chi connectivity index (χ1n) is 7.09. The number of hydrogen-bond donors (Lipinski definition) is 1. The fourth-order valence-corrected chi connectivity index (χ4v) is 5.34. The molecule has 0 aromatic carbocycles. The fourth-order valence-electron chi connectivity index (χ4n) is 3.51. The summed E-state index contributed by atoms with van der Waals surface area (Å²) in [6, 6.07) is 0. The predicted molar refractivity (Wildman–Crippen MR) is 79.1 cm³/mol. The summed E-state index contributed by atoms with van der Waals surface area (Å²) in [6.45, 7) is 11.9. The van der Waals surface area contributed by atoms with Gasteiger partial charge in [-0.2, -0.15) is 11.8 Å². The Morgan fingerprint density at radius 3 is 2.39 bits per heavy atom. The molecule has 3 atom stereocenters. The smallest absolute Gasteiger partial charge is 0.0678 e. The van der Waals surface area contributed by atoms with Crippen LogP contribution < -0.4 is 5.73 Å². The number of thioether (sulfide) groups is 1. The van der Waals surface area contributed by atoms with E-state index < -0.39 is 0 Å². The first-order valence-corrected chi connectivity index (χ1v) is 8.25. The molecule has 0 amide bonds. The standard InChI is InChI=1S/C14H28N2OS/c1-11-7-16(8-12(2)17-11)14(9-15)10-18-6-5-13(14,3)4/h11-12H,5-10,15H2,1-4H3/t11-,12+,14?. The van der Waals surface area contributed by atoms with Gasteiger partial charge in [-0.25, -0.2) is 0 Å².